The molecule has 2 N–H and O–H groups in total. The molecule has 0 aliphatic rings. The van der Waals surface area contributed by atoms with Gasteiger partial charge in [-0.05, 0) is 56.2 Å². The fraction of sp³-hybridized carbons (Fsp3) is 0.333. The SMILES string of the molecule is COc1ccc(OCCNC(=O)CC(=O)Nc2c(C)cc(C)cc2C)cc1. The number of benzene rings is 2. The highest BCUT2D eigenvalue weighted by atomic mass is 16.5. The Bertz CT molecular complexity index is 777. The van der Waals surface area contributed by atoms with Gasteiger partial charge in [0, 0.05) is 5.69 Å². The van der Waals surface area contributed by atoms with E-state index in [1.165, 1.54) is 0 Å². The number of rotatable bonds is 8. The summed E-state index contributed by atoms with van der Waals surface area (Å²) in [5.41, 5.74) is 3.86. The summed E-state index contributed by atoms with van der Waals surface area (Å²) in [7, 11) is 1.60. The van der Waals surface area contributed by atoms with Gasteiger partial charge in [-0.15, -0.1) is 0 Å². The van der Waals surface area contributed by atoms with Gasteiger partial charge in [0.25, 0.3) is 0 Å². The van der Waals surface area contributed by atoms with Crippen molar-refractivity contribution in [3.05, 3.63) is 53.1 Å². The van der Waals surface area contributed by atoms with Crippen molar-refractivity contribution in [1.29, 1.82) is 0 Å². The molecule has 0 saturated carbocycles. The highest BCUT2D eigenvalue weighted by Crippen LogP contribution is 2.22. The largest absolute Gasteiger partial charge is 0.497 e. The molecule has 2 aromatic rings. The third-order valence-corrected chi connectivity index (χ3v) is 4.01. The van der Waals surface area contributed by atoms with Gasteiger partial charge >= 0.3 is 0 Å². The van der Waals surface area contributed by atoms with Crippen molar-refractivity contribution in [3.8, 4) is 11.5 Å². The fourth-order valence-electron chi connectivity index (χ4n) is 2.80. The summed E-state index contributed by atoms with van der Waals surface area (Å²) in [5.74, 6) is 0.765. The summed E-state index contributed by atoms with van der Waals surface area (Å²) in [4.78, 5) is 24.0. The standard InChI is InChI=1S/C21H26N2O4/c1-14-11-15(2)21(16(3)12-14)23-20(25)13-19(24)22-9-10-27-18-7-5-17(26-4)6-8-18/h5-8,11-12H,9-10,13H2,1-4H3,(H,22,24)(H,23,25). The molecule has 0 heterocycles. The second kappa shape index (κ2) is 9.62. The lowest BCUT2D eigenvalue weighted by Crippen LogP contribution is -2.31. The molecule has 0 aromatic heterocycles. The summed E-state index contributed by atoms with van der Waals surface area (Å²) in [6.07, 6.45) is -0.227. The molecule has 0 spiro atoms. The molecule has 0 radical (unpaired) electrons. The summed E-state index contributed by atoms with van der Waals surface area (Å²) in [6, 6.07) is 11.2. The van der Waals surface area contributed by atoms with E-state index in [9.17, 15) is 9.59 Å². The third kappa shape index (κ3) is 6.33. The van der Waals surface area contributed by atoms with Gasteiger partial charge in [0.1, 0.15) is 24.5 Å². The van der Waals surface area contributed by atoms with E-state index < -0.39 is 0 Å². The Labute approximate surface area is 159 Å². The van der Waals surface area contributed by atoms with E-state index in [1.807, 2.05) is 32.9 Å². The van der Waals surface area contributed by atoms with E-state index >= 15 is 0 Å². The summed E-state index contributed by atoms with van der Waals surface area (Å²) in [6.45, 7) is 6.52. The number of nitrogens with one attached hydrogen (secondary N) is 2. The van der Waals surface area contributed by atoms with Gasteiger partial charge in [-0.1, -0.05) is 17.7 Å². The van der Waals surface area contributed by atoms with Crippen LogP contribution in [0.15, 0.2) is 36.4 Å². The lowest BCUT2D eigenvalue weighted by molar-refractivity contribution is -0.126. The predicted molar refractivity (Wildman–Crippen MR) is 105 cm³/mol. The number of aryl methyl sites for hydroxylation is 3. The molecule has 0 unspecified atom stereocenters. The molecule has 0 aliphatic carbocycles. The molecule has 0 aliphatic heterocycles. The Hall–Kier alpha value is -3.02. The van der Waals surface area contributed by atoms with Crippen LogP contribution >= 0.6 is 0 Å². The number of ether oxygens (including phenoxy) is 2. The minimum atomic E-state index is -0.340. The van der Waals surface area contributed by atoms with E-state index in [1.54, 1.807) is 31.4 Å². The van der Waals surface area contributed by atoms with Gasteiger partial charge in [0.2, 0.25) is 11.8 Å². The number of anilines is 1. The Morgan fingerprint density at radius 1 is 0.926 bits per heavy atom. The van der Waals surface area contributed by atoms with Gasteiger partial charge < -0.3 is 20.1 Å². The number of amides is 2. The predicted octanol–water partition coefficient (Wildman–Crippen LogP) is 3.14. The fourth-order valence-corrected chi connectivity index (χ4v) is 2.80. The van der Waals surface area contributed by atoms with Crippen LogP contribution in [0.4, 0.5) is 5.69 Å². The number of carbonyl (C=O) groups excluding carboxylic acids is 2. The minimum absolute atomic E-state index is 0.227. The molecule has 2 aromatic carbocycles. The zero-order valence-corrected chi connectivity index (χ0v) is 16.2. The van der Waals surface area contributed by atoms with Crippen LogP contribution in [0, 0.1) is 20.8 Å². The van der Waals surface area contributed by atoms with Crippen LogP contribution in [-0.2, 0) is 9.59 Å². The molecule has 0 atom stereocenters. The topological polar surface area (TPSA) is 76.7 Å². The van der Waals surface area contributed by atoms with Crippen molar-refractivity contribution in [2.45, 2.75) is 27.2 Å². The first-order valence-electron chi connectivity index (χ1n) is 8.80. The van der Waals surface area contributed by atoms with Gasteiger partial charge in [-0.3, -0.25) is 9.59 Å². The Kier molecular flexibility index (Phi) is 7.23. The van der Waals surface area contributed by atoms with Crippen LogP contribution < -0.4 is 20.1 Å². The van der Waals surface area contributed by atoms with Crippen LogP contribution in [0.5, 0.6) is 11.5 Å². The van der Waals surface area contributed by atoms with E-state index in [2.05, 4.69) is 10.6 Å². The van der Waals surface area contributed by atoms with Crippen molar-refractivity contribution in [1.82, 2.24) is 5.32 Å². The molecular weight excluding hydrogens is 344 g/mol. The summed E-state index contributed by atoms with van der Waals surface area (Å²) < 4.78 is 10.6. The lowest BCUT2D eigenvalue weighted by Gasteiger charge is -2.13. The Balaban J connectivity index is 1.73. The first-order chi connectivity index (χ1) is 12.9. The molecule has 144 valence electrons. The number of methoxy groups -OCH3 is 1. The molecule has 0 fully saturated rings. The van der Waals surface area contributed by atoms with Gasteiger partial charge in [0.15, 0.2) is 0 Å². The average Bonchev–Trinajstić information content (AvgIpc) is 2.62. The molecule has 2 rings (SSSR count). The average molecular weight is 370 g/mol. The lowest BCUT2D eigenvalue weighted by atomic mass is 10.1. The van der Waals surface area contributed by atoms with Gasteiger partial charge in [0.05, 0.1) is 13.7 Å². The Morgan fingerprint density at radius 3 is 2.11 bits per heavy atom. The molecule has 0 bridgehead atoms. The first kappa shape index (κ1) is 20.3. The smallest absolute Gasteiger partial charge is 0.233 e. The summed E-state index contributed by atoms with van der Waals surface area (Å²) in [5, 5.41) is 5.50. The molecule has 6 heteroatoms. The molecule has 2 amide bonds. The second-order valence-corrected chi connectivity index (χ2v) is 6.37. The third-order valence-electron chi connectivity index (χ3n) is 4.01. The van der Waals surface area contributed by atoms with E-state index in [-0.39, 0.29) is 18.2 Å². The van der Waals surface area contributed by atoms with Crippen LogP contribution in [0.3, 0.4) is 0 Å². The van der Waals surface area contributed by atoms with Crippen LogP contribution in [0.25, 0.3) is 0 Å². The van der Waals surface area contributed by atoms with Crippen molar-refractivity contribution < 1.29 is 19.1 Å². The molecule has 0 saturated heterocycles. The summed E-state index contributed by atoms with van der Waals surface area (Å²) >= 11 is 0. The molecular formula is C21H26N2O4. The van der Waals surface area contributed by atoms with E-state index in [0.717, 1.165) is 28.1 Å². The number of carbonyl (C=O) groups is 2. The van der Waals surface area contributed by atoms with E-state index in [4.69, 9.17) is 9.47 Å². The maximum Gasteiger partial charge on any atom is 0.233 e. The van der Waals surface area contributed by atoms with Crippen LogP contribution in [-0.4, -0.2) is 32.1 Å². The second-order valence-electron chi connectivity index (χ2n) is 6.37. The maximum absolute atomic E-state index is 12.1. The van der Waals surface area contributed by atoms with Crippen molar-refractivity contribution in [3.63, 3.8) is 0 Å². The normalized spacial score (nSPS) is 10.2. The molecule has 27 heavy (non-hydrogen) atoms. The monoisotopic (exact) mass is 370 g/mol. The van der Waals surface area contributed by atoms with E-state index in [0.29, 0.717) is 18.9 Å². The van der Waals surface area contributed by atoms with Crippen LogP contribution in [0.1, 0.15) is 23.1 Å². The highest BCUT2D eigenvalue weighted by molar-refractivity contribution is 6.04. The van der Waals surface area contributed by atoms with Gasteiger partial charge in [-0.25, -0.2) is 0 Å². The van der Waals surface area contributed by atoms with Gasteiger partial charge in [-0.2, -0.15) is 0 Å². The quantitative estimate of drug-likeness (QED) is 0.553. The zero-order valence-electron chi connectivity index (χ0n) is 16.2. The first-order valence-corrected chi connectivity index (χ1v) is 8.80. The molecule has 6 nitrogen and oxygen atoms in total. The van der Waals surface area contributed by atoms with Crippen molar-refractivity contribution >= 4 is 17.5 Å². The minimum Gasteiger partial charge on any atom is -0.497 e. The maximum atomic E-state index is 12.1. The zero-order chi connectivity index (χ0) is 19.8. The highest BCUT2D eigenvalue weighted by Gasteiger charge is 2.12. The Morgan fingerprint density at radius 2 is 1.52 bits per heavy atom. The number of hydrogen-bond donors (Lipinski definition) is 2. The van der Waals surface area contributed by atoms with Crippen molar-refractivity contribution in [2.24, 2.45) is 0 Å². The van der Waals surface area contributed by atoms with Crippen LogP contribution in [0.2, 0.25) is 0 Å². The van der Waals surface area contributed by atoms with Crippen molar-refractivity contribution in [2.75, 3.05) is 25.6 Å². The number of hydrogen-bond acceptors (Lipinski definition) is 4.